The van der Waals surface area contributed by atoms with E-state index in [0.29, 0.717) is 43.2 Å². The number of likely N-dealkylation sites (N-methyl/N-ethyl adjacent to an activating group) is 1. The number of benzene rings is 2. The van der Waals surface area contributed by atoms with E-state index >= 15 is 0 Å². The maximum Gasteiger partial charge on any atom is 0.257 e. The Morgan fingerprint density at radius 1 is 0.968 bits per heavy atom. The van der Waals surface area contributed by atoms with Gasteiger partial charge in [0.1, 0.15) is 17.5 Å². The van der Waals surface area contributed by atoms with Crippen molar-refractivity contribution in [3.63, 3.8) is 0 Å². The van der Waals surface area contributed by atoms with Crippen LogP contribution in [-0.2, 0) is 4.79 Å². The van der Waals surface area contributed by atoms with E-state index in [-0.39, 0.29) is 17.9 Å². The first-order valence-corrected chi connectivity index (χ1v) is 10.5. The zero-order chi connectivity index (χ0) is 22.4. The van der Waals surface area contributed by atoms with Gasteiger partial charge >= 0.3 is 0 Å². The van der Waals surface area contributed by atoms with Crippen LogP contribution in [0.4, 0.5) is 0 Å². The molecular formula is C24H31N3O4. The molecule has 1 unspecified atom stereocenters. The third-order valence-corrected chi connectivity index (χ3v) is 5.81. The van der Waals surface area contributed by atoms with Crippen LogP contribution in [0.3, 0.4) is 0 Å². The summed E-state index contributed by atoms with van der Waals surface area (Å²) in [6.07, 6.45) is 0. The van der Waals surface area contributed by atoms with E-state index in [4.69, 9.17) is 9.47 Å². The molecule has 0 bridgehead atoms. The Balaban J connectivity index is 1.69. The van der Waals surface area contributed by atoms with E-state index in [1.54, 1.807) is 30.2 Å². The highest BCUT2D eigenvalue weighted by Gasteiger charge is 2.32. The smallest absolute Gasteiger partial charge is 0.257 e. The van der Waals surface area contributed by atoms with Crippen molar-refractivity contribution in [1.29, 1.82) is 0 Å². The highest BCUT2D eigenvalue weighted by molar-refractivity contribution is 5.97. The van der Waals surface area contributed by atoms with Crippen molar-refractivity contribution < 1.29 is 19.1 Å². The molecule has 0 aliphatic carbocycles. The number of hydrogen-bond acceptors (Lipinski definition) is 5. The van der Waals surface area contributed by atoms with Crippen LogP contribution in [0.15, 0.2) is 48.5 Å². The largest absolute Gasteiger partial charge is 0.497 e. The lowest BCUT2D eigenvalue weighted by Crippen LogP contribution is -2.53. The van der Waals surface area contributed by atoms with Gasteiger partial charge in [-0.1, -0.05) is 37.3 Å². The second kappa shape index (κ2) is 10.3. The predicted octanol–water partition coefficient (Wildman–Crippen LogP) is 2.68. The maximum atomic E-state index is 13.4. The molecule has 1 fully saturated rings. The molecule has 1 heterocycles. The number of carbonyl (C=O) groups excluding carboxylic acids is 2. The van der Waals surface area contributed by atoms with Gasteiger partial charge in [0.05, 0.1) is 19.8 Å². The summed E-state index contributed by atoms with van der Waals surface area (Å²) in [5.74, 6) is 1.09. The lowest BCUT2D eigenvalue weighted by molar-refractivity contribution is -0.138. The number of carbonyl (C=O) groups is 2. The summed E-state index contributed by atoms with van der Waals surface area (Å²) in [4.78, 5) is 32.1. The quantitative estimate of drug-likeness (QED) is 0.683. The molecular weight excluding hydrogens is 394 g/mol. The molecule has 0 aromatic heterocycles. The summed E-state index contributed by atoms with van der Waals surface area (Å²) >= 11 is 0. The molecule has 2 aromatic carbocycles. The minimum Gasteiger partial charge on any atom is -0.497 e. The molecule has 0 spiro atoms. The number of methoxy groups -OCH3 is 2. The van der Waals surface area contributed by atoms with Crippen LogP contribution in [0, 0.1) is 0 Å². The first-order chi connectivity index (χ1) is 15.0. The molecule has 0 N–H and O–H groups in total. The van der Waals surface area contributed by atoms with Crippen LogP contribution in [0.1, 0.15) is 28.9 Å². The summed E-state index contributed by atoms with van der Waals surface area (Å²) in [6.45, 7) is 4.78. The molecule has 0 saturated carbocycles. The molecule has 3 rings (SSSR count). The first-order valence-electron chi connectivity index (χ1n) is 10.5. The number of hydrogen-bond donors (Lipinski definition) is 0. The van der Waals surface area contributed by atoms with Gasteiger partial charge in [0.15, 0.2) is 0 Å². The molecule has 31 heavy (non-hydrogen) atoms. The van der Waals surface area contributed by atoms with E-state index < -0.39 is 0 Å². The third kappa shape index (κ3) is 4.99. The molecule has 0 radical (unpaired) electrons. The summed E-state index contributed by atoms with van der Waals surface area (Å²) in [5, 5.41) is 0. The molecule has 2 amide bonds. The standard InChI is InChI=1S/C24H31N3O4/c1-5-25(2)22(18-9-7-6-8-10-18)24(29)27-15-13-26(14-16-27)23(28)20-12-11-19(30-3)17-21(20)31-4/h6-12,17,22H,5,13-16H2,1-4H3. The van der Waals surface area contributed by atoms with Crippen molar-refractivity contribution in [3.8, 4) is 11.5 Å². The van der Waals surface area contributed by atoms with Crippen LogP contribution < -0.4 is 9.47 Å². The van der Waals surface area contributed by atoms with E-state index in [1.807, 2.05) is 49.2 Å². The Bertz CT molecular complexity index is 895. The number of rotatable bonds is 7. The highest BCUT2D eigenvalue weighted by atomic mass is 16.5. The van der Waals surface area contributed by atoms with Crippen molar-refractivity contribution >= 4 is 11.8 Å². The number of ether oxygens (including phenoxy) is 2. The predicted molar refractivity (Wildman–Crippen MR) is 120 cm³/mol. The molecule has 1 saturated heterocycles. The van der Waals surface area contributed by atoms with Gasteiger partial charge in [-0.3, -0.25) is 14.5 Å². The minimum atomic E-state index is -0.324. The fraction of sp³-hybridized carbons (Fsp3) is 0.417. The maximum absolute atomic E-state index is 13.4. The van der Waals surface area contributed by atoms with Gasteiger partial charge in [-0.05, 0) is 31.3 Å². The van der Waals surface area contributed by atoms with E-state index in [2.05, 4.69) is 4.90 Å². The van der Waals surface area contributed by atoms with E-state index in [1.165, 1.54) is 7.11 Å². The van der Waals surface area contributed by atoms with Crippen molar-refractivity contribution in [2.24, 2.45) is 0 Å². The number of amides is 2. The van der Waals surface area contributed by atoms with E-state index in [9.17, 15) is 9.59 Å². The Hall–Kier alpha value is -3.06. The molecule has 1 aliphatic heterocycles. The molecule has 7 nitrogen and oxygen atoms in total. The lowest BCUT2D eigenvalue weighted by atomic mass is 10.0. The Morgan fingerprint density at radius 3 is 2.19 bits per heavy atom. The fourth-order valence-corrected chi connectivity index (χ4v) is 3.85. The summed E-state index contributed by atoms with van der Waals surface area (Å²) in [7, 11) is 5.08. The average Bonchev–Trinajstić information content (AvgIpc) is 2.83. The summed E-state index contributed by atoms with van der Waals surface area (Å²) < 4.78 is 10.6. The van der Waals surface area contributed by atoms with E-state index in [0.717, 1.165) is 12.1 Å². The second-order valence-electron chi connectivity index (χ2n) is 7.57. The fourth-order valence-electron chi connectivity index (χ4n) is 3.85. The molecule has 2 aromatic rings. The van der Waals surface area contributed by atoms with Crippen LogP contribution in [0.2, 0.25) is 0 Å². The van der Waals surface area contributed by atoms with Crippen LogP contribution >= 0.6 is 0 Å². The Labute approximate surface area is 184 Å². The molecule has 166 valence electrons. The zero-order valence-electron chi connectivity index (χ0n) is 18.7. The summed E-state index contributed by atoms with van der Waals surface area (Å²) in [6, 6.07) is 14.7. The zero-order valence-corrected chi connectivity index (χ0v) is 18.7. The van der Waals surface area contributed by atoms with Gasteiger partial charge < -0.3 is 19.3 Å². The monoisotopic (exact) mass is 425 g/mol. The van der Waals surface area contributed by atoms with Gasteiger partial charge in [-0.2, -0.15) is 0 Å². The highest BCUT2D eigenvalue weighted by Crippen LogP contribution is 2.27. The molecule has 1 atom stereocenters. The first kappa shape index (κ1) is 22.6. The topological polar surface area (TPSA) is 62.3 Å². The average molecular weight is 426 g/mol. The Kier molecular flexibility index (Phi) is 7.52. The normalized spacial score (nSPS) is 15.0. The van der Waals surface area contributed by atoms with Gasteiger partial charge in [-0.15, -0.1) is 0 Å². The SMILES string of the molecule is CCN(C)C(C(=O)N1CCN(C(=O)c2ccc(OC)cc2OC)CC1)c1ccccc1. The van der Waals surface area contributed by atoms with Gasteiger partial charge in [0.2, 0.25) is 5.91 Å². The molecule has 1 aliphatic rings. The minimum absolute atomic E-state index is 0.0738. The van der Waals surface area contributed by atoms with Crippen LogP contribution in [-0.4, -0.2) is 80.5 Å². The third-order valence-electron chi connectivity index (χ3n) is 5.81. The van der Waals surface area contributed by atoms with Gasteiger partial charge in [0.25, 0.3) is 5.91 Å². The lowest BCUT2D eigenvalue weighted by Gasteiger charge is -2.38. The number of piperazine rings is 1. The van der Waals surface area contributed by atoms with Crippen molar-refractivity contribution in [1.82, 2.24) is 14.7 Å². The van der Waals surface area contributed by atoms with Gasteiger partial charge in [0, 0.05) is 32.2 Å². The second-order valence-corrected chi connectivity index (χ2v) is 7.57. The van der Waals surface area contributed by atoms with Crippen molar-refractivity contribution in [2.45, 2.75) is 13.0 Å². The van der Waals surface area contributed by atoms with Crippen molar-refractivity contribution in [2.75, 3.05) is 54.0 Å². The van der Waals surface area contributed by atoms with Crippen LogP contribution in [0.25, 0.3) is 0 Å². The number of nitrogens with zero attached hydrogens (tertiary/aromatic N) is 3. The molecule has 7 heteroatoms. The Morgan fingerprint density at radius 2 is 1.61 bits per heavy atom. The summed E-state index contributed by atoms with van der Waals surface area (Å²) in [5.41, 5.74) is 1.48. The van der Waals surface area contributed by atoms with Crippen LogP contribution in [0.5, 0.6) is 11.5 Å². The van der Waals surface area contributed by atoms with Gasteiger partial charge in [-0.25, -0.2) is 0 Å². The van der Waals surface area contributed by atoms with Crippen molar-refractivity contribution in [3.05, 3.63) is 59.7 Å².